The summed E-state index contributed by atoms with van der Waals surface area (Å²) in [5.41, 5.74) is 5.38. The van der Waals surface area contributed by atoms with Gasteiger partial charge in [-0.2, -0.15) is 0 Å². The molecule has 0 saturated carbocycles. The minimum absolute atomic E-state index is 0.180. The number of halogens is 1. The number of aromatic nitrogens is 2. The summed E-state index contributed by atoms with van der Waals surface area (Å²) >= 11 is 5.85. The van der Waals surface area contributed by atoms with Crippen LogP contribution in [0.25, 0.3) is 0 Å². The summed E-state index contributed by atoms with van der Waals surface area (Å²) in [4.78, 5) is 8.52. The summed E-state index contributed by atoms with van der Waals surface area (Å²) in [5, 5.41) is 0.694. The van der Waals surface area contributed by atoms with Gasteiger partial charge < -0.3 is 0 Å². The van der Waals surface area contributed by atoms with Crippen molar-refractivity contribution in [2.45, 2.75) is 13.0 Å². The fraction of sp³-hybridized carbons (Fsp3) is 0.167. The molecule has 0 aliphatic carbocycles. The van der Waals surface area contributed by atoms with Gasteiger partial charge in [-0.25, -0.2) is 5.43 Å². The number of hydrogen-bond acceptors (Lipinski definition) is 4. The number of benzene rings is 1. The number of nitrogens with zero attached hydrogens (tertiary/aromatic N) is 2. The summed E-state index contributed by atoms with van der Waals surface area (Å²) < 4.78 is 0. The van der Waals surface area contributed by atoms with Gasteiger partial charge in [-0.3, -0.25) is 15.8 Å². The molecule has 0 radical (unpaired) electrons. The molecule has 4 nitrogen and oxygen atoms in total. The van der Waals surface area contributed by atoms with Gasteiger partial charge >= 0.3 is 0 Å². The lowest BCUT2D eigenvalue weighted by Crippen LogP contribution is -2.29. The van der Waals surface area contributed by atoms with Gasteiger partial charge in [-0.15, -0.1) is 0 Å². The van der Waals surface area contributed by atoms with Crippen molar-refractivity contribution in [2.75, 3.05) is 0 Å². The fourth-order valence-electron chi connectivity index (χ4n) is 1.56. The van der Waals surface area contributed by atoms with Crippen molar-refractivity contribution in [1.29, 1.82) is 0 Å². The molecule has 0 bridgehead atoms. The van der Waals surface area contributed by atoms with Crippen LogP contribution in [0.5, 0.6) is 0 Å². The lowest BCUT2D eigenvalue weighted by Gasteiger charge is -2.15. The Bertz CT molecular complexity index is 435. The molecule has 0 amide bonds. The summed E-state index contributed by atoms with van der Waals surface area (Å²) in [6.07, 6.45) is 3.43. The Kier molecular flexibility index (Phi) is 3.68. The van der Waals surface area contributed by atoms with E-state index in [0.29, 0.717) is 5.02 Å². The van der Waals surface area contributed by atoms with Crippen molar-refractivity contribution in [3.8, 4) is 0 Å². The highest BCUT2D eigenvalue weighted by Crippen LogP contribution is 2.20. The summed E-state index contributed by atoms with van der Waals surface area (Å²) in [5.74, 6) is 5.56. The second-order valence-electron chi connectivity index (χ2n) is 3.73. The zero-order valence-corrected chi connectivity index (χ0v) is 10.1. The maximum absolute atomic E-state index is 5.85. The molecule has 0 spiro atoms. The van der Waals surface area contributed by atoms with Gasteiger partial charge in [0.2, 0.25) is 0 Å². The Morgan fingerprint density at radius 3 is 2.41 bits per heavy atom. The second-order valence-corrected chi connectivity index (χ2v) is 4.17. The van der Waals surface area contributed by atoms with Gasteiger partial charge in [0, 0.05) is 11.2 Å². The molecule has 17 heavy (non-hydrogen) atoms. The molecule has 1 heterocycles. The standard InChI is InChI=1S/C12H13ClN4/c1-8-6-16-11(7-15-8)12(17-14)9-2-4-10(13)5-3-9/h2-7,12,17H,14H2,1H3. The number of aryl methyl sites for hydroxylation is 1. The topological polar surface area (TPSA) is 63.8 Å². The van der Waals surface area contributed by atoms with E-state index in [2.05, 4.69) is 15.4 Å². The smallest absolute Gasteiger partial charge is 0.0897 e. The second kappa shape index (κ2) is 5.23. The maximum atomic E-state index is 5.85. The van der Waals surface area contributed by atoms with Crippen LogP contribution in [0.15, 0.2) is 36.7 Å². The average Bonchev–Trinajstić information content (AvgIpc) is 2.35. The number of hydrazine groups is 1. The van der Waals surface area contributed by atoms with Gasteiger partial charge in [0.15, 0.2) is 0 Å². The summed E-state index contributed by atoms with van der Waals surface area (Å²) in [6.45, 7) is 1.89. The summed E-state index contributed by atoms with van der Waals surface area (Å²) in [7, 11) is 0. The van der Waals surface area contributed by atoms with E-state index < -0.39 is 0 Å². The van der Waals surface area contributed by atoms with Crippen molar-refractivity contribution >= 4 is 11.6 Å². The molecule has 1 atom stereocenters. The van der Waals surface area contributed by atoms with E-state index in [0.717, 1.165) is 17.0 Å². The lowest BCUT2D eigenvalue weighted by atomic mass is 10.1. The number of nitrogens with two attached hydrogens (primary N) is 1. The minimum Gasteiger partial charge on any atom is -0.271 e. The molecule has 88 valence electrons. The maximum Gasteiger partial charge on any atom is 0.0897 e. The Morgan fingerprint density at radius 1 is 1.18 bits per heavy atom. The molecule has 2 rings (SSSR count). The average molecular weight is 249 g/mol. The predicted molar refractivity (Wildman–Crippen MR) is 67.4 cm³/mol. The molecule has 1 aromatic carbocycles. The van der Waals surface area contributed by atoms with Gasteiger partial charge in [-0.05, 0) is 24.6 Å². The van der Waals surface area contributed by atoms with E-state index in [1.54, 1.807) is 12.4 Å². The molecule has 2 aromatic rings. The number of nitrogens with one attached hydrogen (secondary N) is 1. The van der Waals surface area contributed by atoms with E-state index in [1.807, 2.05) is 31.2 Å². The molecule has 1 aromatic heterocycles. The van der Waals surface area contributed by atoms with Crippen LogP contribution in [0.3, 0.4) is 0 Å². The quantitative estimate of drug-likeness (QED) is 0.644. The molecule has 0 aliphatic rings. The van der Waals surface area contributed by atoms with E-state index in [1.165, 1.54) is 0 Å². The van der Waals surface area contributed by atoms with Crippen molar-refractivity contribution in [1.82, 2.24) is 15.4 Å². The van der Waals surface area contributed by atoms with Crippen molar-refractivity contribution in [3.63, 3.8) is 0 Å². The highest BCUT2D eigenvalue weighted by atomic mass is 35.5. The van der Waals surface area contributed by atoms with Gasteiger partial charge in [0.05, 0.1) is 23.6 Å². The lowest BCUT2D eigenvalue weighted by molar-refractivity contribution is 0.617. The zero-order valence-electron chi connectivity index (χ0n) is 9.39. The molecular formula is C12H13ClN4. The van der Waals surface area contributed by atoms with E-state index in [9.17, 15) is 0 Å². The Hall–Kier alpha value is -1.49. The predicted octanol–water partition coefficient (Wildman–Crippen LogP) is 1.99. The molecule has 0 saturated heterocycles. The molecule has 5 heteroatoms. The van der Waals surface area contributed by atoms with Crippen molar-refractivity contribution in [3.05, 3.63) is 58.6 Å². The van der Waals surface area contributed by atoms with E-state index in [4.69, 9.17) is 17.4 Å². The van der Waals surface area contributed by atoms with Crippen LogP contribution in [-0.2, 0) is 0 Å². The van der Waals surface area contributed by atoms with E-state index >= 15 is 0 Å². The first kappa shape index (κ1) is 12.0. The molecule has 1 unspecified atom stereocenters. The number of rotatable bonds is 3. The zero-order chi connectivity index (χ0) is 12.3. The van der Waals surface area contributed by atoms with Gasteiger partial charge in [0.25, 0.3) is 0 Å². The van der Waals surface area contributed by atoms with Crippen LogP contribution in [0.2, 0.25) is 5.02 Å². The van der Waals surface area contributed by atoms with Crippen LogP contribution < -0.4 is 11.3 Å². The van der Waals surface area contributed by atoms with E-state index in [-0.39, 0.29) is 6.04 Å². The van der Waals surface area contributed by atoms with Gasteiger partial charge in [0.1, 0.15) is 0 Å². The van der Waals surface area contributed by atoms with Gasteiger partial charge in [-0.1, -0.05) is 23.7 Å². The number of hydrogen-bond donors (Lipinski definition) is 2. The molecular weight excluding hydrogens is 236 g/mol. The van der Waals surface area contributed by atoms with Crippen LogP contribution in [-0.4, -0.2) is 9.97 Å². The largest absolute Gasteiger partial charge is 0.271 e. The third-order valence-corrected chi connectivity index (χ3v) is 2.72. The first-order valence-electron chi connectivity index (χ1n) is 5.21. The first-order chi connectivity index (χ1) is 8.20. The Labute approximate surface area is 105 Å². The van der Waals surface area contributed by atoms with Crippen LogP contribution in [0.4, 0.5) is 0 Å². The third-order valence-electron chi connectivity index (χ3n) is 2.47. The van der Waals surface area contributed by atoms with Crippen LogP contribution in [0, 0.1) is 6.92 Å². The Morgan fingerprint density at radius 2 is 1.88 bits per heavy atom. The summed E-state index contributed by atoms with van der Waals surface area (Å²) in [6, 6.07) is 7.29. The van der Waals surface area contributed by atoms with Crippen molar-refractivity contribution < 1.29 is 0 Å². The molecule has 0 aliphatic heterocycles. The fourth-order valence-corrected chi connectivity index (χ4v) is 1.69. The first-order valence-corrected chi connectivity index (χ1v) is 5.58. The third kappa shape index (κ3) is 2.79. The van der Waals surface area contributed by atoms with Crippen molar-refractivity contribution in [2.24, 2.45) is 5.84 Å². The minimum atomic E-state index is -0.180. The van der Waals surface area contributed by atoms with Crippen LogP contribution in [0.1, 0.15) is 23.0 Å². The molecule has 0 fully saturated rings. The molecule has 3 N–H and O–H groups in total. The van der Waals surface area contributed by atoms with Crippen LogP contribution >= 0.6 is 11.6 Å². The SMILES string of the molecule is Cc1cnc(C(NN)c2ccc(Cl)cc2)cn1. The normalized spacial score (nSPS) is 12.4. The highest BCUT2D eigenvalue weighted by molar-refractivity contribution is 6.30. The Balaban J connectivity index is 2.33. The monoisotopic (exact) mass is 248 g/mol. The highest BCUT2D eigenvalue weighted by Gasteiger charge is 2.13.